The van der Waals surface area contributed by atoms with Crippen LogP contribution in [0.25, 0.3) is 11.0 Å². The van der Waals surface area contributed by atoms with Gasteiger partial charge in [0.2, 0.25) is 0 Å². The Hall–Kier alpha value is -1.85. The van der Waals surface area contributed by atoms with Gasteiger partial charge in [-0.25, -0.2) is 0 Å². The predicted octanol–water partition coefficient (Wildman–Crippen LogP) is 2.53. The molecule has 3 heterocycles. The average Bonchev–Trinajstić information content (AvgIpc) is 3.16. The number of carbonyl (C=O) groups is 1. The summed E-state index contributed by atoms with van der Waals surface area (Å²) in [5.74, 6) is 0.981. The van der Waals surface area contributed by atoms with Crippen LogP contribution in [0.4, 0.5) is 0 Å². The van der Waals surface area contributed by atoms with Crippen molar-refractivity contribution in [3.63, 3.8) is 0 Å². The third-order valence-electron chi connectivity index (χ3n) is 5.41. The van der Waals surface area contributed by atoms with Gasteiger partial charge in [0.1, 0.15) is 5.58 Å². The van der Waals surface area contributed by atoms with Gasteiger partial charge in [-0.2, -0.15) is 0 Å². The number of aryl methyl sites for hydroxylation is 1. The van der Waals surface area contributed by atoms with Crippen LogP contribution >= 0.6 is 0 Å². The number of carbonyl (C=O) groups excluding carboxylic acids is 1. The number of likely N-dealkylation sites (tertiary alicyclic amines) is 1. The summed E-state index contributed by atoms with van der Waals surface area (Å²) in [6.07, 6.45) is 0. The van der Waals surface area contributed by atoms with Crippen LogP contribution in [0, 0.1) is 12.8 Å². The van der Waals surface area contributed by atoms with E-state index in [0.717, 1.165) is 55.9 Å². The molecule has 2 atom stereocenters. The highest BCUT2D eigenvalue weighted by Gasteiger charge is 2.38. The van der Waals surface area contributed by atoms with E-state index in [2.05, 4.69) is 11.8 Å². The Morgan fingerprint density at radius 2 is 1.92 bits per heavy atom. The first-order chi connectivity index (χ1) is 11.6. The fourth-order valence-corrected chi connectivity index (χ4v) is 4.02. The minimum absolute atomic E-state index is 0.0197. The number of morpholine rings is 1. The monoisotopic (exact) mass is 328 g/mol. The maximum atomic E-state index is 13.0. The lowest BCUT2D eigenvalue weighted by atomic mass is 10.0. The molecule has 1 aromatic heterocycles. The van der Waals surface area contributed by atoms with Crippen LogP contribution in [0.2, 0.25) is 0 Å². The van der Waals surface area contributed by atoms with Crippen molar-refractivity contribution < 1.29 is 13.9 Å². The SMILES string of the molecule is Cc1c(C(=O)N2C[C@@H](N3CCOCC3)[C@@H](C)C2)oc2ccccc12. The number of fused-ring (bicyclic) bond motifs is 1. The molecule has 0 radical (unpaired) electrons. The van der Waals surface area contributed by atoms with E-state index in [4.69, 9.17) is 9.15 Å². The molecule has 4 rings (SSSR count). The van der Waals surface area contributed by atoms with Crippen molar-refractivity contribution in [3.05, 3.63) is 35.6 Å². The molecule has 2 saturated heterocycles. The minimum atomic E-state index is 0.0197. The van der Waals surface area contributed by atoms with E-state index in [1.165, 1.54) is 0 Å². The summed E-state index contributed by atoms with van der Waals surface area (Å²) in [7, 11) is 0. The van der Waals surface area contributed by atoms with Crippen LogP contribution in [0.3, 0.4) is 0 Å². The second-order valence-corrected chi connectivity index (χ2v) is 6.96. The van der Waals surface area contributed by atoms with Gasteiger partial charge >= 0.3 is 0 Å². The first-order valence-electron chi connectivity index (χ1n) is 8.74. The van der Waals surface area contributed by atoms with Crippen molar-refractivity contribution in [1.29, 1.82) is 0 Å². The Morgan fingerprint density at radius 3 is 2.67 bits per heavy atom. The minimum Gasteiger partial charge on any atom is -0.451 e. The Morgan fingerprint density at radius 1 is 1.17 bits per heavy atom. The van der Waals surface area contributed by atoms with E-state index in [0.29, 0.717) is 17.7 Å². The molecule has 0 unspecified atom stereocenters. The van der Waals surface area contributed by atoms with Crippen LogP contribution in [0.15, 0.2) is 28.7 Å². The lowest BCUT2D eigenvalue weighted by Gasteiger charge is -2.33. The summed E-state index contributed by atoms with van der Waals surface area (Å²) in [6.45, 7) is 9.27. The molecule has 0 N–H and O–H groups in total. The highest BCUT2D eigenvalue weighted by molar-refractivity contribution is 5.99. The van der Waals surface area contributed by atoms with E-state index in [1.54, 1.807) is 0 Å². The molecule has 2 aromatic rings. The predicted molar refractivity (Wildman–Crippen MR) is 92.2 cm³/mol. The molecule has 2 aliphatic heterocycles. The lowest BCUT2D eigenvalue weighted by molar-refractivity contribution is 0.0119. The molecule has 0 spiro atoms. The molecule has 128 valence electrons. The van der Waals surface area contributed by atoms with Gasteiger partial charge in [0.05, 0.1) is 13.2 Å². The molecule has 0 bridgehead atoms. The molecule has 2 fully saturated rings. The van der Waals surface area contributed by atoms with E-state index in [-0.39, 0.29) is 5.91 Å². The van der Waals surface area contributed by atoms with E-state index < -0.39 is 0 Å². The molecule has 0 aliphatic carbocycles. The lowest BCUT2D eigenvalue weighted by Crippen LogP contribution is -2.47. The largest absolute Gasteiger partial charge is 0.451 e. The zero-order chi connectivity index (χ0) is 16.7. The number of amides is 1. The van der Waals surface area contributed by atoms with Gasteiger partial charge in [0.15, 0.2) is 5.76 Å². The fourth-order valence-electron chi connectivity index (χ4n) is 4.02. The van der Waals surface area contributed by atoms with Crippen LogP contribution in [-0.2, 0) is 4.74 Å². The van der Waals surface area contributed by atoms with Gasteiger partial charge in [-0.1, -0.05) is 25.1 Å². The van der Waals surface area contributed by atoms with Crippen molar-refractivity contribution in [1.82, 2.24) is 9.80 Å². The van der Waals surface area contributed by atoms with E-state index in [1.807, 2.05) is 36.1 Å². The maximum absolute atomic E-state index is 13.0. The van der Waals surface area contributed by atoms with Crippen molar-refractivity contribution >= 4 is 16.9 Å². The molecular weight excluding hydrogens is 304 g/mol. The number of hydrogen-bond acceptors (Lipinski definition) is 4. The molecule has 0 saturated carbocycles. The van der Waals surface area contributed by atoms with Gasteiger partial charge in [0, 0.05) is 43.2 Å². The van der Waals surface area contributed by atoms with Crippen molar-refractivity contribution in [2.45, 2.75) is 19.9 Å². The summed E-state index contributed by atoms with van der Waals surface area (Å²) < 4.78 is 11.3. The summed E-state index contributed by atoms with van der Waals surface area (Å²) in [4.78, 5) is 17.4. The molecule has 1 amide bonds. The van der Waals surface area contributed by atoms with E-state index >= 15 is 0 Å². The van der Waals surface area contributed by atoms with Crippen molar-refractivity contribution in [2.24, 2.45) is 5.92 Å². The molecule has 1 aromatic carbocycles. The summed E-state index contributed by atoms with van der Waals surface area (Å²) in [5, 5.41) is 1.03. The number of ether oxygens (including phenoxy) is 1. The Balaban J connectivity index is 1.55. The summed E-state index contributed by atoms with van der Waals surface area (Å²) in [6, 6.07) is 8.26. The standard InChI is InChI=1S/C19H24N2O3/c1-13-11-21(12-16(13)20-7-9-23-10-8-20)19(22)18-14(2)15-5-3-4-6-17(15)24-18/h3-6,13,16H,7-12H2,1-2H3/t13-,16+/m0/s1. The summed E-state index contributed by atoms with van der Waals surface area (Å²) in [5.41, 5.74) is 1.73. The smallest absolute Gasteiger partial charge is 0.289 e. The van der Waals surface area contributed by atoms with Gasteiger partial charge in [-0.3, -0.25) is 9.69 Å². The fraction of sp³-hybridized carbons (Fsp3) is 0.526. The number of nitrogens with zero attached hydrogens (tertiary/aromatic N) is 2. The highest BCUT2D eigenvalue weighted by atomic mass is 16.5. The number of furan rings is 1. The van der Waals surface area contributed by atoms with Crippen LogP contribution in [0.5, 0.6) is 0 Å². The van der Waals surface area contributed by atoms with Gasteiger partial charge in [-0.15, -0.1) is 0 Å². The number of hydrogen-bond donors (Lipinski definition) is 0. The second-order valence-electron chi connectivity index (χ2n) is 6.96. The zero-order valence-corrected chi connectivity index (χ0v) is 14.3. The topological polar surface area (TPSA) is 45.9 Å². The normalized spacial score (nSPS) is 25.5. The molecule has 24 heavy (non-hydrogen) atoms. The molecule has 5 nitrogen and oxygen atoms in total. The van der Waals surface area contributed by atoms with Gasteiger partial charge < -0.3 is 14.1 Å². The highest BCUT2D eigenvalue weighted by Crippen LogP contribution is 2.29. The summed E-state index contributed by atoms with van der Waals surface area (Å²) >= 11 is 0. The Kier molecular flexibility index (Phi) is 4.06. The number of rotatable bonds is 2. The third-order valence-corrected chi connectivity index (χ3v) is 5.41. The zero-order valence-electron chi connectivity index (χ0n) is 14.3. The van der Waals surface area contributed by atoms with Crippen molar-refractivity contribution in [3.8, 4) is 0 Å². The van der Waals surface area contributed by atoms with Crippen LogP contribution < -0.4 is 0 Å². The number of benzene rings is 1. The van der Waals surface area contributed by atoms with Crippen LogP contribution in [-0.4, -0.2) is 61.1 Å². The van der Waals surface area contributed by atoms with Gasteiger partial charge in [-0.05, 0) is 18.9 Å². The van der Waals surface area contributed by atoms with Crippen LogP contribution in [0.1, 0.15) is 23.0 Å². The van der Waals surface area contributed by atoms with E-state index in [9.17, 15) is 4.79 Å². The Labute approximate surface area is 142 Å². The molecule has 2 aliphatic rings. The van der Waals surface area contributed by atoms with Gasteiger partial charge in [0.25, 0.3) is 5.91 Å². The number of para-hydroxylation sites is 1. The second kappa shape index (κ2) is 6.22. The maximum Gasteiger partial charge on any atom is 0.289 e. The molecule has 5 heteroatoms. The first kappa shape index (κ1) is 15.7. The average molecular weight is 328 g/mol. The molecular formula is C19H24N2O3. The quantitative estimate of drug-likeness (QED) is 0.850. The van der Waals surface area contributed by atoms with Crippen molar-refractivity contribution in [2.75, 3.05) is 39.4 Å². The third kappa shape index (κ3) is 2.62. The first-order valence-corrected chi connectivity index (χ1v) is 8.74. The Bertz CT molecular complexity index is 748.